The molecule has 0 spiro atoms. The van der Waals surface area contributed by atoms with Crippen molar-refractivity contribution in [3.8, 4) is 0 Å². The monoisotopic (exact) mass is 314 g/mol. The van der Waals surface area contributed by atoms with Crippen LogP contribution in [-0.4, -0.2) is 23.2 Å². The van der Waals surface area contributed by atoms with E-state index in [1.807, 2.05) is 6.92 Å². The first-order chi connectivity index (χ1) is 5.95. The molecule has 1 heterocycles. The van der Waals surface area contributed by atoms with E-state index in [0.29, 0.717) is 9.84 Å². The second-order valence-corrected chi connectivity index (χ2v) is 7.64. The smallest absolute Gasteiger partial charge is 0.262 e. The van der Waals surface area contributed by atoms with Crippen molar-refractivity contribution in [1.82, 2.24) is 0 Å². The Bertz CT molecular complexity index is 366. The second kappa shape index (κ2) is 2.24. The summed E-state index contributed by atoms with van der Waals surface area (Å²) < 4.78 is 28.9. The summed E-state index contributed by atoms with van der Waals surface area (Å²) in [4.78, 5) is 0. The molecule has 2 saturated carbocycles. The summed E-state index contributed by atoms with van der Waals surface area (Å²) in [5.74, 6) is 0.835. The second-order valence-electron chi connectivity index (χ2n) is 4.54. The number of rotatable bonds is 0. The number of alkyl halides is 1. The van der Waals surface area contributed by atoms with Crippen LogP contribution in [0.4, 0.5) is 0 Å². The Labute approximate surface area is 91.5 Å². The average Bonchev–Trinajstić information content (AvgIpc) is 2.55. The lowest BCUT2D eigenvalue weighted by molar-refractivity contribution is 0.0897. The maximum atomic E-state index is 11.6. The lowest BCUT2D eigenvalue weighted by Gasteiger charge is -2.29. The number of hydrogen-bond acceptors (Lipinski definition) is 3. The molecule has 3 nitrogen and oxygen atoms in total. The summed E-state index contributed by atoms with van der Waals surface area (Å²) in [5, 5.41) is -0.187. The highest BCUT2D eigenvalue weighted by molar-refractivity contribution is 14.1. The third-order valence-corrected chi connectivity index (χ3v) is 8.01. The largest absolute Gasteiger partial charge is 0.271 e. The van der Waals surface area contributed by atoms with Crippen LogP contribution in [0.3, 0.4) is 0 Å². The maximum absolute atomic E-state index is 11.6. The molecule has 5 atom stereocenters. The molecule has 74 valence electrons. The van der Waals surface area contributed by atoms with Crippen LogP contribution in [0.5, 0.6) is 0 Å². The molecule has 2 bridgehead atoms. The standard InChI is InChI=1S/C8H11IO3S/c1-8-5-2-4(7(8)9)3-6(5)13(10,11)12-8/h4-7H,2-3H2,1H3. The molecule has 3 aliphatic rings. The fourth-order valence-corrected chi connectivity index (χ4v) is 6.76. The van der Waals surface area contributed by atoms with Gasteiger partial charge < -0.3 is 0 Å². The first-order valence-electron chi connectivity index (χ1n) is 4.54. The molecule has 3 fully saturated rings. The molecule has 0 radical (unpaired) electrons. The van der Waals surface area contributed by atoms with Gasteiger partial charge in [0, 0.05) is 9.84 Å². The van der Waals surface area contributed by atoms with E-state index in [-0.39, 0.29) is 16.8 Å². The predicted molar refractivity (Wildman–Crippen MR) is 56.2 cm³/mol. The molecule has 0 aromatic heterocycles. The van der Waals surface area contributed by atoms with E-state index in [0.717, 1.165) is 12.8 Å². The highest BCUT2D eigenvalue weighted by Gasteiger charge is 2.69. The van der Waals surface area contributed by atoms with Gasteiger partial charge in [0.1, 0.15) is 5.60 Å². The van der Waals surface area contributed by atoms with Crippen molar-refractivity contribution < 1.29 is 12.6 Å². The van der Waals surface area contributed by atoms with Crippen molar-refractivity contribution in [2.24, 2.45) is 11.8 Å². The summed E-state index contributed by atoms with van der Waals surface area (Å²) in [6.07, 6.45) is 1.88. The molecule has 3 rings (SSSR count). The highest BCUT2D eigenvalue weighted by Crippen LogP contribution is 2.62. The van der Waals surface area contributed by atoms with Crippen LogP contribution >= 0.6 is 22.6 Å². The van der Waals surface area contributed by atoms with Gasteiger partial charge in [0.05, 0.1) is 5.25 Å². The number of fused-ring (bicyclic) bond motifs is 1. The Morgan fingerprint density at radius 3 is 2.69 bits per heavy atom. The van der Waals surface area contributed by atoms with Gasteiger partial charge in [-0.25, -0.2) is 0 Å². The minimum absolute atomic E-state index is 0.187. The Hall–Kier alpha value is 0.640. The highest BCUT2D eigenvalue weighted by atomic mass is 127. The van der Waals surface area contributed by atoms with Crippen LogP contribution in [-0.2, 0) is 14.3 Å². The van der Waals surface area contributed by atoms with Crippen LogP contribution in [0, 0.1) is 11.8 Å². The van der Waals surface area contributed by atoms with E-state index in [9.17, 15) is 8.42 Å². The van der Waals surface area contributed by atoms with Crippen molar-refractivity contribution in [3.05, 3.63) is 0 Å². The van der Waals surface area contributed by atoms with Gasteiger partial charge in [0.2, 0.25) is 0 Å². The minimum atomic E-state index is -3.23. The predicted octanol–water partition coefficient (Wildman–Crippen LogP) is 1.32. The summed E-state index contributed by atoms with van der Waals surface area (Å²) >= 11 is 2.36. The van der Waals surface area contributed by atoms with E-state index >= 15 is 0 Å². The lowest BCUT2D eigenvalue weighted by atomic mass is 9.86. The van der Waals surface area contributed by atoms with E-state index in [1.165, 1.54) is 0 Å². The van der Waals surface area contributed by atoms with Gasteiger partial charge in [-0.3, -0.25) is 4.18 Å². The topological polar surface area (TPSA) is 43.4 Å². The Kier molecular flexibility index (Phi) is 1.54. The summed E-state index contributed by atoms with van der Waals surface area (Å²) in [7, 11) is -3.23. The molecule has 13 heavy (non-hydrogen) atoms. The lowest BCUT2D eigenvalue weighted by Crippen LogP contribution is -2.40. The average molecular weight is 314 g/mol. The van der Waals surface area contributed by atoms with E-state index < -0.39 is 10.1 Å². The van der Waals surface area contributed by atoms with Gasteiger partial charge in [-0.1, -0.05) is 22.6 Å². The molecule has 1 saturated heterocycles. The van der Waals surface area contributed by atoms with E-state index in [4.69, 9.17) is 4.18 Å². The maximum Gasteiger partial charge on any atom is 0.271 e. The molecule has 0 aromatic rings. The zero-order valence-electron chi connectivity index (χ0n) is 7.23. The van der Waals surface area contributed by atoms with Crippen LogP contribution in [0.15, 0.2) is 0 Å². The molecular weight excluding hydrogens is 303 g/mol. The molecule has 2 aliphatic carbocycles. The minimum Gasteiger partial charge on any atom is -0.262 e. The fraction of sp³-hybridized carbons (Fsp3) is 1.00. The van der Waals surface area contributed by atoms with Crippen LogP contribution in [0.2, 0.25) is 0 Å². The first-order valence-corrected chi connectivity index (χ1v) is 7.25. The fourth-order valence-electron chi connectivity index (χ4n) is 3.29. The Balaban J connectivity index is 2.18. The normalized spacial score (nSPS) is 61.7. The molecular formula is C8H11IO3S. The van der Waals surface area contributed by atoms with Crippen molar-refractivity contribution in [2.45, 2.75) is 34.5 Å². The zero-order valence-corrected chi connectivity index (χ0v) is 10.2. The van der Waals surface area contributed by atoms with Gasteiger partial charge >= 0.3 is 0 Å². The molecule has 0 N–H and O–H groups in total. The molecule has 1 aliphatic heterocycles. The van der Waals surface area contributed by atoms with Crippen molar-refractivity contribution in [2.75, 3.05) is 0 Å². The zero-order chi connectivity index (χ0) is 9.43. The van der Waals surface area contributed by atoms with Crippen molar-refractivity contribution in [3.63, 3.8) is 0 Å². The summed E-state index contributed by atoms with van der Waals surface area (Å²) in [6, 6.07) is 0. The van der Waals surface area contributed by atoms with E-state index in [2.05, 4.69) is 22.6 Å². The van der Waals surface area contributed by atoms with Gasteiger partial charge in [0.15, 0.2) is 0 Å². The summed E-state index contributed by atoms with van der Waals surface area (Å²) in [5.41, 5.74) is -0.382. The molecule has 5 heteroatoms. The Morgan fingerprint density at radius 1 is 1.46 bits per heavy atom. The SMILES string of the molecule is CC12OS(=O)(=O)C3CC(CC31)C2I. The van der Waals surface area contributed by atoms with Crippen LogP contribution in [0.1, 0.15) is 19.8 Å². The first kappa shape index (κ1) is 8.91. The van der Waals surface area contributed by atoms with Crippen molar-refractivity contribution in [1.29, 1.82) is 0 Å². The number of hydrogen-bond donors (Lipinski definition) is 0. The third kappa shape index (κ3) is 0.866. The quantitative estimate of drug-likeness (QED) is 0.385. The van der Waals surface area contributed by atoms with Crippen LogP contribution < -0.4 is 0 Å². The van der Waals surface area contributed by atoms with Gasteiger partial charge in [-0.05, 0) is 25.7 Å². The number of halogens is 1. The van der Waals surface area contributed by atoms with Gasteiger partial charge in [0.25, 0.3) is 10.1 Å². The summed E-state index contributed by atoms with van der Waals surface area (Å²) in [6.45, 7) is 1.96. The molecule has 0 amide bonds. The van der Waals surface area contributed by atoms with Crippen LogP contribution in [0.25, 0.3) is 0 Å². The molecule has 5 unspecified atom stereocenters. The van der Waals surface area contributed by atoms with Gasteiger partial charge in [-0.15, -0.1) is 0 Å². The molecule has 0 aromatic carbocycles. The third-order valence-electron chi connectivity index (χ3n) is 3.90. The van der Waals surface area contributed by atoms with Crippen molar-refractivity contribution >= 4 is 32.7 Å². The van der Waals surface area contributed by atoms with E-state index in [1.54, 1.807) is 0 Å². The van der Waals surface area contributed by atoms with Gasteiger partial charge in [-0.2, -0.15) is 8.42 Å². The Morgan fingerprint density at radius 2 is 2.15 bits per heavy atom.